The molecule has 0 aliphatic heterocycles. The predicted molar refractivity (Wildman–Crippen MR) is 73.6 cm³/mol. The first kappa shape index (κ1) is 14.3. The Labute approximate surface area is 111 Å². The molecule has 18 heavy (non-hydrogen) atoms. The first-order valence-corrected chi connectivity index (χ1v) is 7.81. The molecule has 1 unspecified atom stereocenters. The van der Waals surface area contributed by atoms with Crippen LogP contribution >= 0.6 is 0 Å². The van der Waals surface area contributed by atoms with Crippen molar-refractivity contribution >= 4 is 0 Å². The number of hydrogen-bond donors (Lipinski definition) is 2. The van der Waals surface area contributed by atoms with Crippen molar-refractivity contribution in [1.82, 2.24) is 5.32 Å². The standard InChI is InChI=1S/C15H29NO2/c17-15(12-18-11-14-7-8-14)10-16-9-3-6-13-4-1-2-5-13/h13-17H,1-12H2. The monoisotopic (exact) mass is 255 g/mol. The Morgan fingerprint density at radius 1 is 1.11 bits per heavy atom. The van der Waals surface area contributed by atoms with Crippen molar-refractivity contribution in [2.75, 3.05) is 26.3 Å². The lowest BCUT2D eigenvalue weighted by Crippen LogP contribution is -2.31. The summed E-state index contributed by atoms with van der Waals surface area (Å²) < 4.78 is 5.47. The van der Waals surface area contributed by atoms with Gasteiger partial charge >= 0.3 is 0 Å². The first-order valence-electron chi connectivity index (χ1n) is 7.81. The van der Waals surface area contributed by atoms with E-state index in [0.29, 0.717) is 13.2 Å². The van der Waals surface area contributed by atoms with E-state index in [1.54, 1.807) is 0 Å². The zero-order valence-electron chi connectivity index (χ0n) is 11.6. The Hall–Kier alpha value is -0.120. The van der Waals surface area contributed by atoms with Gasteiger partial charge in [-0.3, -0.25) is 0 Å². The van der Waals surface area contributed by atoms with Crippen molar-refractivity contribution in [2.45, 2.75) is 57.5 Å². The van der Waals surface area contributed by atoms with Crippen LogP contribution in [-0.4, -0.2) is 37.5 Å². The van der Waals surface area contributed by atoms with Crippen LogP contribution in [-0.2, 0) is 4.74 Å². The topological polar surface area (TPSA) is 41.5 Å². The fraction of sp³-hybridized carbons (Fsp3) is 1.00. The summed E-state index contributed by atoms with van der Waals surface area (Å²) in [5.74, 6) is 1.77. The van der Waals surface area contributed by atoms with Crippen LogP contribution in [0.25, 0.3) is 0 Å². The molecule has 3 nitrogen and oxygen atoms in total. The van der Waals surface area contributed by atoms with E-state index < -0.39 is 0 Å². The number of ether oxygens (including phenoxy) is 1. The smallest absolute Gasteiger partial charge is 0.0897 e. The second kappa shape index (κ2) is 8.13. The lowest BCUT2D eigenvalue weighted by Gasteiger charge is -2.13. The fourth-order valence-electron chi connectivity index (χ4n) is 2.80. The van der Waals surface area contributed by atoms with Crippen molar-refractivity contribution in [1.29, 1.82) is 0 Å². The van der Waals surface area contributed by atoms with E-state index in [1.165, 1.54) is 51.4 Å². The average molecular weight is 255 g/mol. The molecular weight excluding hydrogens is 226 g/mol. The molecule has 2 fully saturated rings. The average Bonchev–Trinajstić information content (AvgIpc) is 3.03. The molecule has 3 heteroatoms. The van der Waals surface area contributed by atoms with Crippen molar-refractivity contribution < 1.29 is 9.84 Å². The van der Waals surface area contributed by atoms with Crippen LogP contribution in [0.1, 0.15) is 51.4 Å². The number of nitrogens with one attached hydrogen (secondary N) is 1. The SMILES string of the molecule is OC(CNCCCC1CCCC1)COCC1CC1. The zero-order chi connectivity index (χ0) is 12.6. The van der Waals surface area contributed by atoms with Crippen LogP contribution in [0.4, 0.5) is 0 Å². The third-order valence-electron chi connectivity index (χ3n) is 4.18. The van der Waals surface area contributed by atoms with Gasteiger partial charge in [0.15, 0.2) is 0 Å². The number of aliphatic hydroxyl groups is 1. The highest BCUT2D eigenvalue weighted by Gasteiger charge is 2.21. The highest BCUT2D eigenvalue weighted by molar-refractivity contribution is 4.72. The largest absolute Gasteiger partial charge is 0.389 e. The molecule has 2 aliphatic carbocycles. The van der Waals surface area contributed by atoms with E-state index in [-0.39, 0.29) is 6.10 Å². The van der Waals surface area contributed by atoms with Gasteiger partial charge in [0.05, 0.1) is 12.7 Å². The molecule has 2 N–H and O–H groups in total. The van der Waals surface area contributed by atoms with Gasteiger partial charge < -0.3 is 15.2 Å². The fourth-order valence-corrected chi connectivity index (χ4v) is 2.80. The number of hydrogen-bond acceptors (Lipinski definition) is 3. The summed E-state index contributed by atoms with van der Waals surface area (Å²) in [7, 11) is 0. The molecule has 0 heterocycles. The van der Waals surface area contributed by atoms with Crippen molar-refractivity contribution in [2.24, 2.45) is 11.8 Å². The summed E-state index contributed by atoms with van der Waals surface area (Å²) in [6.45, 7) is 3.05. The van der Waals surface area contributed by atoms with Crippen molar-refractivity contribution in [3.63, 3.8) is 0 Å². The summed E-state index contributed by atoms with van der Waals surface area (Å²) in [5.41, 5.74) is 0. The molecular formula is C15H29NO2. The molecule has 0 aromatic carbocycles. The summed E-state index contributed by atoms with van der Waals surface area (Å²) in [6.07, 6.45) is 10.7. The lowest BCUT2D eigenvalue weighted by atomic mass is 10.0. The van der Waals surface area contributed by atoms with Gasteiger partial charge in [-0.05, 0) is 44.1 Å². The second-order valence-electron chi connectivity index (χ2n) is 6.13. The molecule has 0 radical (unpaired) electrons. The maximum atomic E-state index is 9.71. The van der Waals surface area contributed by atoms with E-state index >= 15 is 0 Å². The van der Waals surface area contributed by atoms with Gasteiger partial charge in [-0.15, -0.1) is 0 Å². The Bertz CT molecular complexity index is 213. The van der Waals surface area contributed by atoms with Crippen LogP contribution in [0.2, 0.25) is 0 Å². The highest BCUT2D eigenvalue weighted by Crippen LogP contribution is 2.29. The van der Waals surface area contributed by atoms with Crippen LogP contribution < -0.4 is 5.32 Å². The maximum absolute atomic E-state index is 9.71. The maximum Gasteiger partial charge on any atom is 0.0897 e. The number of rotatable bonds is 10. The molecule has 2 aliphatic rings. The second-order valence-corrected chi connectivity index (χ2v) is 6.13. The zero-order valence-corrected chi connectivity index (χ0v) is 11.6. The van der Waals surface area contributed by atoms with Gasteiger partial charge in [0.25, 0.3) is 0 Å². The molecule has 0 spiro atoms. The van der Waals surface area contributed by atoms with E-state index in [2.05, 4.69) is 5.32 Å². The minimum Gasteiger partial charge on any atom is -0.389 e. The van der Waals surface area contributed by atoms with E-state index in [1.807, 2.05) is 0 Å². The molecule has 0 aromatic rings. The Morgan fingerprint density at radius 3 is 2.61 bits per heavy atom. The van der Waals surface area contributed by atoms with Crippen LogP contribution in [0.15, 0.2) is 0 Å². The van der Waals surface area contributed by atoms with Crippen molar-refractivity contribution in [3.8, 4) is 0 Å². The minimum absolute atomic E-state index is 0.338. The van der Waals surface area contributed by atoms with Gasteiger partial charge in [0, 0.05) is 13.2 Å². The summed E-state index contributed by atoms with van der Waals surface area (Å²) in [4.78, 5) is 0. The third-order valence-corrected chi connectivity index (χ3v) is 4.18. The van der Waals surface area contributed by atoms with Crippen LogP contribution in [0.3, 0.4) is 0 Å². The first-order chi connectivity index (χ1) is 8.84. The summed E-state index contributed by atoms with van der Waals surface area (Å²) in [6, 6.07) is 0. The van der Waals surface area contributed by atoms with E-state index in [9.17, 15) is 5.11 Å². The molecule has 0 saturated heterocycles. The van der Waals surface area contributed by atoms with Gasteiger partial charge in [0.1, 0.15) is 0 Å². The van der Waals surface area contributed by atoms with E-state index in [0.717, 1.165) is 25.0 Å². The van der Waals surface area contributed by atoms with E-state index in [4.69, 9.17) is 4.74 Å². The third kappa shape index (κ3) is 6.17. The Morgan fingerprint density at radius 2 is 1.89 bits per heavy atom. The quantitative estimate of drug-likeness (QED) is 0.589. The van der Waals surface area contributed by atoms with Gasteiger partial charge in [0.2, 0.25) is 0 Å². The van der Waals surface area contributed by atoms with Crippen LogP contribution in [0.5, 0.6) is 0 Å². The normalized spacial score (nSPS) is 22.5. The molecule has 0 bridgehead atoms. The molecule has 0 aromatic heterocycles. The van der Waals surface area contributed by atoms with Crippen LogP contribution in [0, 0.1) is 11.8 Å². The molecule has 2 rings (SSSR count). The number of aliphatic hydroxyl groups excluding tert-OH is 1. The Kier molecular flexibility index (Phi) is 6.46. The van der Waals surface area contributed by atoms with Gasteiger partial charge in [-0.2, -0.15) is 0 Å². The lowest BCUT2D eigenvalue weighted by molar-refractivity contribution is 0.0326. The summed E-state index contributed by atoms with van der Waals surface area (Å²) in [5, 5.41) is 13.0. The summed E-state index contributed by atoms with van der Waals surface area (Å²) >= 11 is 0. The van der Waals surface area contributed by atoms with Gasteiger partial charge in [-0.1, -0.05) is 25.7 Å². The molecule has 0 amide bonds. The predicted octanol–water partition coefficient (Wildman–Crippen LogP) is 2.33. The van der Waals surface area contributed by atoms with Crippen molar-refractivity contribution in [3.05, 3.63) is 0 Å². The van der Waals surface area contributed by atoms with Gasteiger partial charge in [-0.25, -0.2) is 0 Å². The molecule has 106 valence electrons. The highest BCUT2D eigenvalue weighted by atomic mass is 16.5. The molecule has 2 saturated carbocycles. The molecule has 1 atom stereocenters. The minimum atomic E-state index is -0.338. The Balaban J connectivity index is 1.35.